The molecule has 3 heterocycles. The number of benzene rings is 1. The van der Waals surface area contributed by atoms with Crippen LogP contribution in [0, 0.1) is 5.41 Å². The smallest absolute Gasteiger partial charge is 0.205 e. The molecule has 1 fully saturated rings. The molecule has 3 aromatic rings. The molecule has 9 nitrogen and oxygen atoms in total. The van der Waals surface area contributed by atoms with Crippen molar-refractivity contribution < 1.29 is 9.05 Å². The van der Waals surface area contributed by atoms with E-state index in [0.29, 0.717) is 29.1 Å². The summed E-state index contributed by atoms with van der Waals surface area (Å²) in [5.74, 6) is 1.40. The fraction of sp³-hybridized carbons (Fsp3) is 0.423. The normalized spacial score (nSPS) is 18.3. The molecular weight excluding hydrogens is 541 g/mol. The van der Waals surface area contributed by atoms with Crippen LogP contribution in [0.25, 0.3) is 0 Å². The Morgan fingerprint density at radius 3 is 2.53 bits per heavy atom. The summed E-state index contributed by atoms with van der Waals surface area (Å²) in [5, 5.41) is 2.06. The lowest BCUT2D eigenvalue weighted by atomic mass is 9.73. The molecule has 202 valence electrons. The zero-order valence-corrected chi connectivity index (χ0v) is 24.0. The maximum Gasteiger partial charge on any atom is 0.205 e. The lowest BCUT2D eigenvalue weighted by Crippen LogP contribution is -2.44. The van der Waals surface area contributed by atoms with Crippen LogP contribution in [0.5, 0.6) is 0 Å². The molecule has 1 spiro atoms. The fourth-order valence-electron chi connectivity index (χ4n) is 5.29. The number of nitrogens with zero attached hydrogens (tertiary/aromatic N) is 4. The van der Waals surface area contributed by atoms with E-state index in [1.165, 1.54) is 22.9 Å². The molecule has 2 aliphatic rings. The van der Waals surface area contributed by atoms with E-state index >= 15 is 0 Å². The number of hydrogen-bond donors (Lipinski definition) is 3. The summed E-state index contributed by atoms with van der Waals surface area (Å²) < 4.78 is 11.8. The Morgan fingerprint density at radius 2 is 1.84 bits per heavy atom. The molecule has 0 bridgehead atoms. The number of nitrogens with two attached hydrogens (primary N) is 3. The van der Waals surface area contributed by atoms with Crippen LogP contribution in [0.15, 0.2) is 46.6 Å². The molecule has 12 heteroatoms. The minimum atomic E-state index is -1.08. The van der Waals surface area contributed by atoms with Gasteiger partial charge in [0, 0.05) is 35.5 Å². The highest BCUT2D eigenvalue weighted by Crippen LogP contribution is 2.52. The van der Waals surface area contributed by atoms with Gasteiger partial charge in [0.05, 0.1) is 24.4 Å². The molecule has 5 rings (SSSR count). The summed E-state index contributed by atoms with van der Waals surface area (Å²) in [6.07, 6.45) is 6.29. The molecule has 38 heavy (non-hydrogen) atoms. The largest absolute Gasteiger partial charge is 0.382 e. The van der Waals surface area contributed by atoms with Crippen LogP contribution in [0.4, 0.5) is 17.5 Å². The predicted octanol–water partition coefficient (Wildman–Crippen LogP) is 4.69. The average molecular weight is 574 g/mol. The number of aromatic nitrogens is 3. The molecule has 0 saturated carbocycles. The Morgan fingerprint density at radius 1 is 1.11 bits per heavy atom. The van der Waals surface area contributed by atoms with Gasteiger partial charge in [-0.3, -0.25) is 0 Å². The quantitative estimate of drug-likeness (QED) is 0.325. The van der Waals surface area contributed by atoms with E-state index < -0.39 is 8.38 Å². The SMILES string of the molecule is CCOP(OCC)c1ccc2c(c1)C(N)C1(CCN(c3cnc(Sc4ccnc(N)c4Cl)c(N)n3)CC1)C2. The van der Waals surface area contributed by atoms with Crippen molar-refractivity contribution in [2.24, 2.45) is 11.1 Å². The first-order valence-electron chi connectivity index (χ1n) is 12.7. The van der Waals surface area contributed by atoms with Crippen LogP contribution in [0.3, 0.4) is 0 Å². The van der Waals surface area contributed by atoms with Crippen LogP contribution in [-0.2, 0) is 15.5 Å². The summed E-state index contributed by atoms with van der Waals surface area (Å²) in [6, 6.07) is 8.32. The maximum atomic E-state index is 6.93. The lowest BCUT2D eigenvalue weighted by molar-refractivity contribution is 0.187. The number of hydrogen-bond acceptors (Lipinski definition) is 10. The predicted molar refractivity (Wildman–Crippen MR) is 155 cm³/mol. The third-order valence-electron chi connectivity index (χ3n) is 7.29. The highest BCUT2D eigenvalue weighted by atomic mass is 35.5. The van der Waals surface area contributed by atoms with Crippen molar-refractivity contribution in [3.8, 4) is 0 Å². The minimum Gasteiger partial charge on any atom is -0.382 e. The molecule has 1 saturated heterocycles. The molecule has 6 N–H and O–H groups in total. The van der Waals surface area contributed by atoms with Crippen molar-refractivity contribution in [2.45, 2.75) is 49.1 Å². The highest BCUT2D eigenvalue weighted by Gasteiger charge is 2.46. The third kappa shape index (κ3) is 5.30. The number of nitrogen functional groups attached to an aromatic ring is 2. The summed E-state index contributed by atoms with van der Waals surface area (Å²) in [6.45, 7) is 6.90. The van der Waals surface area contributed by atoms with Crippen molar-refractivity contribution in [1.82, 2.24) is 15.0 Å². The number of pyridine rings is 1. The third-order valence-corrected chi connectivity index (χ3v) is 10.6. The van der Waals surface area contributed by atoms with Crippen molar-refractivity contribution in [3.05, 3.63) is 52.8 Å². The molecule has 0 radical (unpaired) electrons. The highest BCUT2D eigenvalue weighted by molar-refractivity contribution is 7.99. The van der Waals surface area contributed by atoms with E-state index in [4.69, 9.17) is 37.8 Å². The molecule has 1 aromatic carbocycles. The van der Waals surface area contributed by atoms with Crippen LogP contribution in [0.2, 0.25) is 5.02 Å². The van der Waals surface area contributed by atoms with Crippen LogP contribution in [0.1, 0.15) is 43.9 Å². The number of anilines is 3. The molecule has 1 aliphatic carbocycles. The van der Waals surface area contributed by atoms with Gasteiger partial charge in [0.15, 0.2) is 5.82 Å². The van der Waals surface area contributed by atoms with E-state index in [-0.39, 0.29) is 17.3 Å². The van der Waals surface area contributed by atoms with Gasteiger partial charge in [0.2, 0.25) is 8.38 Å². The van der Waals surface area contributed by atoms with E-state index in [0.717, 1.165) is 48.4 Å². The molecular formula is C26H33ClN7O2PS. The Hall–Kier alpha value is -2.20. The van der Waals surface area contributed by atoms with Gasteiger partial charge in [-0.05, 0) is 67.9 Å². The van der Waals surface area contributed by atoms with Gasteiger partial charge in [-0.1, -0.05) is 29.4 Å². The van der Waals surface area contributed by atoms with Crippen molar-refractivity contribution in [2.75, 3.05) is 42.7 Å². The van der Waals surface area contributed by atoms with Gasteiger partial charge in [0.1, 0.15) is 16.7 Å². The summed E-state index contributed by atoms with van der Waals surface area (Å²) in [7, 11) is -1.08. The van der Waals surface area contributed by atoms with E-state index in [2.05, 4.69) is 38.1 Å². The lowest BCUT2D eigenvalue weighted by Gasteiger charge is -2.42. The molecule has 1 aliphatic heterocycles. The number of piperidine rings is 1. The maximum absolute atomic E-state index is 6.93. The van der Waals surface area contributed by atoms with E-state index in [9.17, 15) is 0 Å². The first-order chi connectivity index (χ1) is 18.3. The zero-order chi connectivity index (χ0) is 26.9. The second kappa shape index (κ2) is 11.5. The molecule has 0 amide bonds. The van der Waals surface area contributed by atoms with Gasteiger partial charge in [-0.15, -0.1) is 0 Å². The Kier molecular flexibility index (Phi) is 8.28. The van der Waals surface area contributed by atoms with Crippen LogP contribution in [-0.4, -0.2) is 41.3 Å². The topological polar surface area (TPSA) is 138 Å². The van der Waals surface area contributed by atoms with E-state index in [1.54, 1.807) is 18.5 Å². The number of fused-ring (bicyclic) bond motifs is 1. The Labute approximate surface area is 233 Å². The van der Waals surface area contributed by atoms with Gasteiger partial charge >= 0.3 is 0 Å². The second-order valence-corrected chi connectivity index (χ2v) is 12.5. The Balaban J connectivity index is 1.27. The monoisotopic (exact) mass is 573 g/mol. The number of halogens is 1. The Bertz CT molecular complexity index is 1300. The summed E-state index contributed by atoms with van der Waals surface area (Å²) in [4.78, 5) is 16.2. The van der Waals surface area contributed by atoms with Crippen molar-refractivity contribution >= 4 is 54.5 Å². The first kappa shape index (κ1) is 27.4. The molecule has 1 unspecified atom stereocenters. The fourth-order valence-corrected chi connectivity index (χ4v) is 7.59. The standard InChI is InChI=1S/C26H33ClN7O2PS/c1-3-35-37(36-4-2)17-6-5-16-14-26(22(28)18(16)13-17)8-11-34(12-9-26)20-15-32-25(24(30)33-20)38-19-7-10-31-23(29)21(19)27/h5-7,10,13,15,22H,3-4,8-9,11-12,14,28H2,1-2H3,(H2,29,31)(H2,30,33). The zero-order valence-electron chi connectivity index (χ0n) is 21.6. The number of rotatable bonds is 8. The van der Waals surface area contributed by atoms with Gasteiger partial charge in [-0.2, -0.15) is 0 Å². The first-order valence-corrected chi connectivity index (χ1v) is 15.1. The molecule has 2 aromatic heterocycles. The van der Waals surface area contributed by atoms with Crippen molar-refractivity contribution in [3.63, 3.8) is 0 Å². The summed E-state index contributed by atoms with van der Waals surface area (Å²) in [5.41, 5.74) is 21.6. The van der Waals surface area contributed by atoms with Gasteiger partial charge < -0.3 is 31.1 Å². The van der Waals surface area contributed by atoms with Crippen LogP contribution < -0.4 is 27.4 Å². The van der Waals surface area contributed by atoms with Gasteiger partial charge in [0.25, 0.3) is 0 Å². The van der Waals surface area contributed by atoms with Crippen molar-refractivity contribution in [1.29, 1.82) is 0 Å². The minimum absolute atomic E-state index is 0.0211. The molecule has 1 atom stereocenters. The van der Waals surface area contributed by atoms with E-state index in [1.807, 2.05) is 13.8 Å². The summed E-state index contributed by atoms with van der Waals surface area (Å²) >= 11 is 7.60. The van der Waals surface area contributed by atoms with Gasteiger partial charge in [-0.25, -0.2) is 15.0 Å². The average Bonchev–Trinajstić information content (AvgIpc) is 3.18. The van der Waals surface area contributed by atoms with Crippen LogP contribution >= 0.6 is 31.7 Å². The second-order valence-electron chi connectivity index (χ2n) is 9.51.